The number of carbonyl (C=O) groups is 1. The number of ether oxygens (including phenoxy) is 2. The van der Waals surface area contributed by atoms with E-state index in [0.29, 0.717) is 18.8 Å². The summed E-state index contributed by atoms with van der Waals surface area (Å²) < 4.78 is 10.7. The van der Waals surface area contributed by atoms with E-state index in [0.717, 1.165) is 17.7 Å². The summed E-state index contributed by atoms with van der Waals surface area (Å²) in [7, 11) is 1.59. The Hall–Kier alpha value is -1.71. The van der Waals surface area contributed by atoms with Gasteiger partial charge in [0.05, 0.1) is 13.7 Å². The molecule has 0 bridgehead atoms. The smallest absolute Gasteiger partial charge is 0.303 e. The molecule has 0 radical (unpaired) electrons. The molecule has 1 aromatic rings. The number of aryl methyl sites for hydroxylation is 1. The van der Waals surface area contributed by atoms with Crippen molar-refractivity contribution in [1.29, 1.82) is 0 Å². The topological polar surface area (TPSA) is 55.8 Å². The zero-order valence-corrected chi connectivity index (χ0v) is 10.2. The SMILES string of the molecule is CCCOc1cc(OC)ccc1CCC(=O)O. The highest BCUT2D eigenvalue weighted by Gasteiger charge is 2.07. The van der Waals surface area contributed by atoms with Crippen LogP contribution in [0.5, 0.6) is 11.5 Å². The van der Waals surface area contributed by atoms with Crippen LogP contribution >= 0.6 is 0 Å². The number of benzene rings is 1. The number of rotatable bonds is 7. The summed E-state index contributed by atoms with van der Waals surface area (Å²) in [5, 5.41) is 8.68. The van der Waals surface area contributed by atoms with E-state index in [2.05, 4.69) is 0 Å². The molecule has 0 aromatic heterocycles. The lowest BCUT2D eigenvalue weighted by Gasteiger charge is -2.11. The van der Waals surface area contributed by atoms with Crippen molar-refractivity contribution < 1.29 is 19.4 Å². The van der Waals surface area contributed by atoms with Crippen LogP contribution < -0.4 is 9.47 Å². The first-order valence-corrected chi connectivity index (χ1v) is 5.69. The Balaban J connectivity index is 2.81. The molecule has 1 rings (SSSR count). The Morgan fingerprint density at radius 3 is 2.76 bits per heavy atom. The average Bonchev–Trinajstić information content (AvgIpc) is 2.34. The zero-order chi connectivity index (χ0) is 12.7. The third-order valence-electron chi connectivity index (χ3n) is 2.34. The summed E-state index contributed by atoms with van der Waals surface area (Å²) >= 11 is 0. The van der Waals surface area contributed by atoms with Gasteiger partial charge < -0.3 is 14.6 Å². The summed E-state index contributed by atoms with van der Waals surface area (Å²) in [6.07, 6.45) is 1.49. The third kappa shape index (κ3) is 4.34. The molecule has 4 heteroatoms. The zero-order valence-electron chi connectivity index (χ0n) is 10.2. The Morgan fingerprint density at radius 1 is 1.41 bits per heavy atom. The molecule has 17 heavy (non-hydrogen) atoms. The van der Waals surface area contributed by atoms with E-state index >= 15 is 0 Å². The second-order valence-corrected chi connectivity index (χ2v) is 3.72. The van der Waals surface area contributed by atoms with Crippen molar-refractivity contribution in [3.8, 4) is 11.5 Å². The Kier molecular flexibility index (Phi) is 5.33. The first-order chi connectivity index (χ1) is 8.17. The first-order valence-electron chi connectivity index (χ1n) is 5.69. The predicted octanol–water partition coefficient (Wildman–Crippen LogP) is 2.50. The number of aliphatic carboxylic acids is 1. The van der Waals surface area contributed by atoms with E-state index in [9.17, 15) is 4.79 Å². The predicted molar refractivity (Wildman–Crippen MR) is 64.7 cm³/mol. The minimum absolute atomic E-state index is 0.106. The number of carboxylic acid groups (broad SMARTS) is 1. The normalized spacial score (nSPS) is 10.0. The van der Waals surface area contributed by atoms with E-state index in [1.54, 1.807) is 13.2 Å². The van der Waals surface area contributed by atoms with E-state index in [-0.39, 0.29) is 6.42 Å². The van der Waals surface area contributed by atoms with Crippen LogP contribution in [0.25, 0.3) is 0 Å². The van der Waals surface area contributed by atoms with Crippen LogP contribution in [0.15, 0.2) is 18.2 Å². The highest BCUT2D eigenvalue weighted by atomic mass is 16.5. The van der Waals surface area contributed by atoms with Crippen LogP contribution in [-0.2, 0) is 11.2 Å². The molecule has 0 fully saturated rings. The summed E-state index contributed by atoms with van der Waals surface area (Å²) in [5.74, 6) is 0.630. The van der Waals surface area contributed by atoms with Gasteiger partial charge in [0.2, 0.25) is 0 Å². The van der Waals surface area contributed by atoms with Crippen molar-refractivity contribution in [2.75, 3.05) is 13.7 Å². The van der Waals surface area contributed by atoms with Gasteiger partial charge in [-0.15, -0.1) is 0 Å². The number of methoxy groups -OCH3 is 1. The highest BCUT2D eigenvalue weighted by Crippen LogP contribution is 2.26. The van der Waals surface area contributed by atoms with Crippen LogP contribution in [0.4, 0.5) is 0 Å². The monoisotopic (exact) mass is 238 g/mol. The van der Waals surface area contributed by atoms with Gasteiger partial charge in [0, 0.05) is 12.5 Å². The van der Waals surface area contributed by atoms with Gasteiger partial charge in [0.25, 0.3) is 0 Å². The second-order valence-electron chi connectivity index (χ2n) is 3.72. The summed E-state index contributed by atoms with van der Waals surface area (Å²) in [6.45, 7) is 2.64. The summed E-state index contributed by atoms with van der Waals surface area (Å²) in [5.41, 5.74) is 0.904. The van der Waals surface area contributed by atoms with Crippen LogP contribution in [0, 0.1) is 0 Å². The molecule has 1 N–H and O–H groups in total. The fourth-order valence-corrected chi connectivity index (χ4v) is 1.46. The molecule has 0 spiro atoms. The Morgan fingerprint density at radius 2 is 2.18 bits per heavy atom. The van der Waals surface area contributed by atoms with Crippen molar-refractivity contribution in [2.45, 2.75) is 26.2 Å². The lowest BCUT2D eigenvalue weighted by atomic mass is 10.1. The van der Waals surface area contributed by atoms with E-state index in [4.69, 9.17) is 14.6 Å². The fourth-order valence-electron chi connectivity index (χ4n) is 1.46. The molecular formula is C13H18O4. The van der Waals surface area contributed by atoms with Crippen molar-refractivity contribution in [3.05, 3.63) is 23.8 Å². The minimum atomic E-state index is -0.803. The quantitative estimate of drug-likeness (QED) is 0.793. The van der Waals surface area contributed by atoms with Crippen LogP contribution in [0.3, 0.4) is 0 Å². The van der Waals surface area contributed by atoms with E-state index < -0.39 is 5.97 Å². The van der Waals surface area contributed by atoms with Gasteiger partial charge in [-0.3, -0.25) is 4.79 Å². The van der Waals surface area contributed by atoms with Crippen LogP contribution in [0.2, 0.25) is 0 Å². The van der Waals surface area contributed by atoms with Crippen molar-refractivity contribution in [2.24, 2.45) is 0 Å². The van der Waals surface area contributed by atoms with E-state index in [1.165, 1.54) is 0 Å². The third-order valence-corrected chi connectivity index (χ3v) is 2.34. The highest BCUT2D eigenvalue weighted by molar-refractivity contribution is 5.67. The maximum atomic E-state index is 10.6. The van der Waals surface area contributed by atoms with Gasteiger partial charge in [-0.25, -0.2) is 0 Å². The van der Waals surface area contributed by atoms with Gasteiger partial charge >= 0.3 is 5.97 Å². The number of carboxylic acids is 1. The molecule has 0 saturated carbocycles. The maximum absolute atomic E-state index is 10.6. The van der Waals surface area contributed by atoms with Gasteiger partial charge in [0.15, 0.2) is 0 Å². The first kappa shape index (κ1) is 13.4. The largest absolute Gasteiger partial charge is 0.497 e. The standard InChI is InChI=1S/C13H18O4/c1-3-8-17-12-9-11(16-2)6-4-10(12)5-7-13(14)15/h4,6,9H,3,5,7-8H2,1-2H3,(H,14,15). The molecule has 0 aliphatic rings. The molecule has 0 aliphatic carbocycles. The molecule has 0 unspecified atom stereocenters. The minimum Gasteiger partial charge on any atom is -0.497 e. The number of hydrogen-bond acceptors (Lipinski definition) is 3. The molecule has 1 aromatic carbocycles. The van der Waals surface area contributed by atoms with Gasteiger partial charge in [-0.2, -0.15) is 0 Å². The lowest BCUT2D eigenvalue weighted by Crippen LogP contribution is -2.02. The second kappa shape index (κ2) is 6.78. The van der Waals surface area contributed by atoms with Gasteiger partial charge in [-0.1, -0.05) is 13.0 Å². The Bertz CT molecular complexity index is 374. The van der Waals surface area contributed by atoms with Crippen molar-refractivity contribution in [3.63, 3.8) is 0 Å². The molecule has 0 saturated heterocycles. The van der Waals surface area contributed by atoms with Crippen LogP contribution in [0.1, 0.15) is 25.3 Å². The summed E-state index contributed by atoms with van der Waals surface area (Å²) in [6, 6.07) is 5.47. The Labute approximate surface area is 101 Å². The van der Waals surface area contributed by atoms with Gasteiger partial charge in [-0.05, 0) is 24.5 Å². The van der Waals surface area contributed by atoms with Gasteiger partial charge in [0.1, 0.15) is 11.5 Å². The van der Waals surface area contributed by atoms with E-state index in [1.807, 2.05) is 19.1 Å². The molecular weight excluding hydrogens is 220 g/mol. The molecule has 0 aliphatic heterocycles. The average molecular weight is 238 g/mol. The lowest BCUT2D eigenvalue weighted by molar-refractivity contribution is -0.136. The number of hydrogen-bond donors (Lipinski definition) is 1. The molecule has 0 heterocycles. The van der Waals surface area contributed by atoms with Crippen molar-refractivity contribution in [1.82, 2.24) is 0 Å². The summed E-state index contributed by atoms with van der Waals surface area (Å²) in [4.78, 5) is 10.6. The van der Waals surface area contributed by atoms with Crippen molar-refractivity contribution >= 4 is 5.97 Å². The molecule has 0 amide bonds. The molecule has 94 valence electrons. The fraction of sp³-hybridized carbons (Fsp3) is 0.462. The van der Waals surface area contributed by atoms with Crippen LogP contribution in [-0.4, -0.2) is 24.8 Å². The maximum Gasteiger partial charge on any atom is 0.303 e. The molecule has 0 atom stereocenters. The molecule has 4 nitrogen and oxygen atoms in total.